The van der Waals surface area contributed by atoms with E-state index in [1.165, 1.54) is 60.3 Å². The topological polar surface area (TPSA) is 30.7 Å². The Bertz CT molecular complexity index is 2900. The summed E-state index contributed by atoms with van der Waals surface area (Å²) in [5.74, 6) is 1.55. The minimum absolute atomic E-state index is 0. The van der Waals surface area contributed by atoms with E-state index in [1.54, 1.807) is 6.20 Å². The van der Waals surface area contributed by atoms with Gasteiger partial charge in [0.1, 0.15) is 0 Å². The van der Waals surface area contributed by atoms with E-state index in [2.05, 4.69) is 177 Å². The summed E-state index contributed by atoms with van der Waals surface area (Å²) in [6.07, 6.45) is 1.79. The SMILES string of the molecule is CC(C)c1cc(-c2ccccc2)cc(C(C)C)c1-n1c(-c2[c-]cc3c4ccccc4c4ccccc4c3c2)nc2ccccc21.[Ir].[c-]1ccccc1-c1ccccn1. The zero-order valence-electron chi connectivity index (χ0n) is 33.1. The molecule has 0 N–H and O–H groups in total. The maximum absolute atomic E-state index is 5.32. The molecule has 3 nitrogen and oxygen atoms in total. The smallest absolute Gasteiger partial charge is 0.0774 e. The molecule has 0 aliphatic rings. The van der Waals surface area contributed by atoms with E-state index in [1.807, 2.05) is 42.5 Å². The van der Waals surface area contributed by atoms with Crippen LogP contribution in [0.4, 0.5) is 0 Å². The molecule has 4 heteroatoms. The predicted molar refractivity (Wildman–Crippen MR) is 240 cm³/mol. The number of rotatable bonds is 6. The molecule has 1 radical (unpaired) electrons. The molecule has 0 atom stereocenters. The van der Waals surface area contributed by atoms with Gasteiger partial charge in [-0.2, -0.15) is 0 Å². The number of hydrogen-bond acceptors (Lipinski definition) is 2. The van der Waals surface area contributed by atoms with Crippen LogP contribution >= 0.6 is 0 Å². The van der Waals surface area contributed by atoms with Gasteiger partial charge in [0.05, 0.1) is 16.9 Å². The minimum atomic E-state index is 0. The fourth-order valence-corrected chi connectivity index (χ4v) is 8.10. The molecule has 0 amide bonds. The Kier molecular flexibility index (Phi) is 11.2. The Morgan fingerprint density at radius 3 is 1.71 bits per heavy atom. The first-order valence-electron chi connectivity index (χ1n) is 19.8. The number of fused-ring (bicyclic) bond motifs is 7. The molecule has 8 aromatic carbocycles. The molecule has 58 heavy (non-hydrogen) atoms. The Balaban J connectivity index is 0.000000309. The van der Waals surface area contributed by atoms with Crippen molar-refractivity contribution < 1.29 is 20.1 Å². The first-order chi connectivity index (χ1) is 28.0. The van der Waals surface area contributed by atoms with Gasteiger partial charge in [-0.15, -0.1) is 59.7 Å². The van der Waals surface area contributed by atoms with Crippen molar-refractivity contribution in [2.24, 2.45) is 0 Å². The van der Waals surface area contributed by atoms with Crippen LogP contribution in [0.2, 0.25) is 0 Å². The fourth-order valence-electron chi connectivity index (χ4n) is 8.10. The van der Waals surface area contributed by atoms with Crippen molar-refractivity contribution >= 4 is 43.4 Å². The molecule has 10 aromatic rings. The van der Waals surface area contributed by atoms with Crippen molar-refractivity contribution in [2.45, 2.75) is 39.5 Å². The number of para-hydroxylation sites is 2. The Morgan fingerprint density at radius 1 is 0.500 bits per heavy atom. The van der Waals surface area contributed by atoms with Gasteiger partial charge in [0, 0.05) is 32.0 Å². The number of pyridine rings is 1. The monoisotopic (exact) mass is 926 g/mol. The van der Waals surface area contributed by atoms with Crippen LogP contribution < -0.4 is 0 Å². The van der Waals surface area contributed by atoms with Crippen LogP contribution in [-0.2, 0) is 20.1 Å². The van der Waals surface area contributed by atoms with Crippen molar-refractivity contribution in [1.29, 1.82) is 0 Å². The molecule has 0 spiro atoms. The predicted octanol–water partition coefficient (Wildman–Crippen LogP) is 14.4. The van der Waals surface area contributed by atoms with E-state index in [0.717, 1.165) is 33.7 Å². The first kappa shape index (κ1) is 38.7. The molecule has 0 aliphatic heterocycles. The summed E-state index contributed by atoms with van der Waals surface area (Å²) in [4.78, 5) is 9.54. The minimum Gasteiger partial charge on any atom is -0.333 e. The molecule has 285 valence electrons. The maximum Gasteiger partial charge on any atom is 0.0774 e. The van der Waals surface area contributed by atoms with Crippen molar-refractivity contribution in [1.82, 2.24) is 14.5 Å². The van der Waals surface area contributed by atoms with Crippen LogP contribution in [-0.4, -0.2) is 14.5 Å². The second kappa shape index (κ2) is 16.7. The zero-order chi connectivity index (χ0) is 38.9. The fraction of sp³-hybridized carbons (Fsp3) is 0.111. The molecule has 0 unspecified atom stereocenters. The molecule has 0 saturated heterocycles. The third-order valence-electron chi connectivity index (χ3n) is 10.9. The summed E-state index contributed by atoms with van der Waals surface area (Å²) in [5, 5.41) is 7.49. The third-order valence-corrected chi connectivity index (χ3v) is 10.9. The van der Waals surface area contributed by atoms with Crippen molar-refractivity contribution in [3.63, 3.8) is 0 Å². The van der Waals surface area contributed by atoms with Crippen LogP contribution in [0, 0.1) is 12.1 Å². The average Bonchev–Trinajstić information content (AvgIpc) is 3.66. The third kappa shape index (κ3) is 7.26. The second-order valence-corrected chi connectivity index (χ2v) is 15.2. The van der Waals surface area contributed by atoms with Gasteiger partial charge in [-0.25, -0.2) is 0 Å². The van der Waals surface area contributed by atoms with E-state index in [4.69, 9.17) is 4.98 Å². The summed E-state index contributed by atoms with van der Waals surface area (Å²) in [6.45, 7) is 9.21. The van der Waals surface area contributed by atoms with Gasteiger partial charge in [-0.3, -0.25) is 4.98 Å². The molecular weight excluding hydrogens is 883 g/mol. The van der Waals surface area contributed by atoms with Crippen molar-refractivity contribution in [2.75, 3.05) is 0 Å². The standard InChI is InChI=1S/C43H35N2.C11H8N.Ir/c1-27(2)37-25-31(29-14-6-5-7-15-29)26-38(28(3)4)42(37)45-41-21-13-12-20-40(41)44-43(45)30-22-23-36-34-18-9-8-16-32(34)33-17-10-11-19-35(33)39(36)24-30;1-2-6-10(7-3-1)11-8-4-5-9-12-11;/h5-21,23-28H,1-4H3;1-6,8-9H;/q2*-1;. The van der Waals surface area contributed by atoms with Gasteiger partial charge in [-0.1, -0.05) is 147 Å². The van der Waals surface area contributed by atoms with Crippen LogP contribution in [0.5, 0.6) is 0 Å². The maximum atomic E-state index is 5.32. The molecule has 0 aliphatic carbocycles. The molecular formula is C54H43IrN3-2. The average molecular weight is 926 g/mol. The largest absolute Gasteiger partial charge is 0.333 e. The molecule has 0 bridgehead atoms. The van der Waals surface area contributed by atoms with Crippen molar-refractivity contribution in [3.8, 4) is 39.5 Å². The Morgan fingerprint density at radius 2 is 1.09 bits per heavy atom. The molecule has 2 aromatic heterocycles. The number of imidazole rings is 1. The van der Waals surface area contributed by atoms with Gasteiger partial charge in [0.25, 0.3) is 0 Å². The second-order valence-electron chi connectivity index (χ2n) is 15.2. The summed E-state index contributed by atoms with van der Waals surface area (Å²) in [5.41, 5.74) is 11.5. The Labute approximate surface area is 354 Å². The Hall–Kier alpha value is -6.19. The number of hydrogen-bond donors (Lipinski definition) is 0. The van der Waals surface area contributed by atoms with Crippen LogP contribution in [0.1, 0.15) is 50.7 Å². The summed E-state index contributed by atoms with van der Waals surface area (Å²) in [7, 11) is 0. The van der Waals surface area contributed by atoms with Gasteiger partial charge in [-0.05, 0) is 86.3 Å². The molecule has 10 rings (SSSR count). The van der Waals surface area contributed by atoms with Gasteiger partial charge in [0.2, 0.25) is 0 Å². The summed E-state index contributed by atoms with van der Waals surface area (Å²) < 4.78 is 2.41. The molecule has 0 fully saturated rings. The van der Waals surface area contributed by atoms with E-state index in [-0.39, 0.29) is 20.1 Å². The first-order valence-corrected chi connectivity index (χ1v) is 19.8. The van der Waals surface area contributed by atoms with Gasteiger partial charge < -0.3 is 9.55 Å². The van der Waals surface area contributed by atoms with Crippen molar-refractivity contribution in [3.05, 3.63) is 199 Å². The number of benzene rings is 8. The molecule has 0 saturated carbocycles. The number of nitrogens with zero attached hydrogens (tertiary/aromatic N) is 3. The quantitative estimate of drug-likeness (QED) is 0.123. The van der Waals surface area contributed by atoms with E-state index in [0.29, 0.717) is 11.8 Å². The zero-order valence-corrected chi connectivity index (χ0v) is 35.5. The van der Waals surface area contributed by atoms with Crippen LogP contribution in [0.25, 0.3) is 82.8 Å². The van der Waals surface area contributed by atoms with Crippen LogP contribution in [0.3, 0.4) is 0 Å². The van der Waals surface area contributed by atoms with E-state index < -0.39 is 0 Å². The van der Waals surface area contributed by atoms with E-state index >= 15 is 0 Å². The van der Waals surface area contributed by atoms with Crippen LogP contribution in [0.15, 0.2) is 176 Å². The van der Waals surface area contributed by atoms with Gasteiger partial charge in [0.15, 0.2) is 0 Å². The summed E-state index contributed by atoms with van der Waals surface area (Å²) in [6, 6.07) is 66.5. The van der Waals surface area contributed by atoms with Gasteiger partial charge >= 0.3 is 0 Å². The van der Waals surface area contributed by atoms with E-state index in [9.17, 15) is 0 Å². The number of aromatic nitrogens is 3. The summed E-state index contributed by atoms with van der Waals surface area (Å²) >= 11 is 0. The normalized spacial score (nSPS) is 11.3. The molecule has 2 heterocycles.